The molecule has 1 fully saturated rings. The van der Waals surface area contributed by atoms with Crippen molar-refractivity contribution in [3.63, 3.8) is 0 Å². The first-order valence-corrected chi connectivity index (χ1v) is 5.50. The lowest BCUT2D eigenvalue weighted by Gasteiger charge is -2.31. The maximum atomic E-state index is 11.6. The van der Waals surface area contributed by atoms with Crippen molar-refractivity contribution >= 4 is 17.7 Å². The van der Waals surface area contributed by atoms with Gasteiger partial charge in [-0.15, -0.1) is 0 Å². The number of hydrogen-bond acceptors (Lipinski definition) is 3. The molecule has 0 spiro atoms. The van der Waals surface area contributed by atoms with Gasteiger partial charge in [0.25, 0.3) is 0 Å². The highest BCUT2D eigenvalue weighted by molar-refractivity contribution is 7.99. The average molecular weight is 198 g/mol. The highest BCUT2D eigenvalue weighted by Crippen LogP contribution is 2.18. The molecule has 0 aromatic carbocycles. The number of nitriles is 1. The predicted molar refractivity (Wildman–Crippen MR) is 53.3 cm³/mol. The lowest BCUT2D eigenvalue weighted by atomic mass is 10.1. The first-order valence-electron chi connectivity index (χ1n) is 4.45. The van der Waals surface area contributed by atoms with Crippen molar-refractivity contribution in [3.05, 3.63) is 0 Å². The monoisotopic (exact) mass is 198 g/mol. The SMILES string of the molecule is CC1CN(C(=O)C(C)C#N)CCS1. The lowest BCUT2D eigenvalue weighted by Crippen LogP contribution is -2.43. The van der Waals surface area contributed by atoms with Gasteiger partial charge >= 0.3 is 0 Å². The van der Waals surface area contributed by atoms with Gasteiger partial charge in [-0.25, -0.2) is 0 Å². The van der Waals surface area contributed by atoms with Crippen LogP contribution in [0.2, 0.25) is 0 Å². The average Bonchev–Trinajstić information content (AvgIpc) is 2.15. The summed E-state index contributed by atoms with van der Waals surface area (Å²) in [4.78, 5) is 13.4. The maximum absolute atomic E-state index is 11.6. The number of thioether (sulfide) groups is 1. The van der Waals surface area contributed by atoms with Gasteiger partial charge in [0, 0.05) is 24.1 Å². The summed E-state index contributed by atoms with van der Waals surface area (Å²) in [6, 6.07) is 1.98. The van der Waals surface area contributed by atoms with E-state index in [1.807, 2.05) is 17.8 Å². The van der Waals surface area contributed by atoms with Crippen LogP contribution in [-0.4, -0.2) is 34.9 Å². The van der Waals surface area contributed by atoms with E-state index in [4.69, 9.17) is 5.26 Å². The third kappa shape index (κ3) is 2.63. The number of nitrogens with zero attached hydrogens (tertiary/aromatic N) is 2. The van der Waals surface area contributed by atoms with Crippen molar-refractivity contribution in [2.45, 2.75) is 19.1 Å². The van der Waals surface area contributed by atoms with Crippen LogP contribution in [0.5, 0.6) is 0 Å². The Hall–Kier alpha value is -0.690. The molecule has 1 aliphatic rings. The van der Waals surface area contributed by atoms with Crippen molar-refractivity contribution in [2.75, 3.05) is 18.8 Å². The molecule has 1 aliphatic heterocycles. The fourth-order valence-corrected chi connectivity index (χ4v) is 2.36. The Balaban J connectivity index is 2.52. The largest absolute Gasteiger partial charge is 0.340 e. The van der Waals surface area contributed by atoms with Crippen LogP contribution in [-0.2, 0) is 4.79 Å². The summed E-state index contributed by atoms with van der Waals surface area (Å²) in [5.74, 6) is 0.482. The van der Waals surface area contributed by atoms with Crippen LogP contribution < -0.4 is 0 Å². The van der Waals surface area contributed by atoms with Crippen molar-refractivity contribution in [3.8, 4) is 6.07 Å². The molecule has 0 radical (unpaired) electrons. The molecule has 0 aromatic heterocycles. The zero-order valence-electron chi connectivity index (χ0n) is 7.99. The van der Waals surface area contributed by atoms with Crippen molar-refractivity contribution in [1.82, 2.24) is 4.90 Å². The fraction of sp³-hybridized carbons (Fsp3) is 0.778. The number of amides is 1. The van der Waals surface area contributed by atoms with Crippen LogP contribution in [0.3, 0.4) is 0 Å². The van der Waals surface area contributed by atoms with E-state index in [0.717, 1.165) is 18.8 Å². The molecule has 72 valence electrons. The van der Waals surface area contributed by atoms with Crippen LogP contribution in [0.1, 0.15) is 13.8 Å². The van der Waals surface area contributed by atoms with E-state index < -0.39 is 5.92 Å². The predicted octanol–water partition coefficient (Wildman–Crippen LogP) is 1.11. The number of rotatable bonds is 1. The maximum Gasteiger partial charge on any atom is 0.239 e. The summed E-state index contributed by atoms with van der Waals surface area (Å²) in [6.07, 6.45) is 0. The van der Waals surface area contributed by atoms with Crippen molar-refractivity contribution < 1.29 is 4.79 Å². The van der Waals surface area contributed by atoms with Gasteiger partial charge in [0.05, 0.1) is 6.07 Å². The van der Waals surface area contributed by atoms with Gasteiger partial charge in [-0.2, -0.15) is 17.0 Å². The van der Waals surface area contributed by atoms with Gasteiger partial charge < -0.3 is 4.90 Å². The molecule has 0 saturated carbocycles. The normalized spacial score (nSPS) is 25.0. The lowest BCUT2D eigenvalue weighted by molar-refractivity contribution is -0.133. The second kappa shape index (κ2) is 4.52. The second-order valence-electron chi connectivity index (χ2n) is 3.32. The van der Waals surface area contributed by atoms with Crippen molar-refractivity contribution in [1.29, 1.82) is 5.26 Å². The van der Waals surface area contributed by atoms with E-state index >= 15 is 0 Å². The Morgan fingerprint density at radius 2 is 2.46 bits per heavy atom. The number of carbonyl (C=O) groups excluding carboxylic acids is 1. The van der Waals surface area contributed by atoms with E-state index in [0.29, 0.717) is 5.25 Å². The summed E-state index contributed by atoms with van der Waals surface area (Å²) >= 11 is 1.88. The van der Waals surface area contributed by atoms with Crippen LogP contribution in [0.25, 0.3) is 0 Å². The first kappa shape index (κ1) is 10.4. The quantitative estimate of drug-likeness (QED) is 0.634. The van der Waals surface area contributed by atoms with Crippen LogP contribution >= 0.6 is 11.8 Å². The molecular formula is C9H14N2OS. The molecule has 0 bridgehead atoms. The molecule has 4 heteroatoms. The second-order valence-corrected chi connectivity index (χ2v) is 4.86. The molecule has 3 nitrogen and oxygen atoms in total. The highest BCUT2D eigenvalue weighted by atomic mass is 32.2. The summed E-state index contributed by atoms with van der Waals surface area (Å²) in [5.41, 5.74) is 0. The minimum atomic E-state index is -0.490. The number of carbonyl (C=O) groups is 1. The van der Waals surface area contributed by atoms with E-state index in [1.165, 1.54) is 0 Å². The minimum Gasteiger partial charge on any atom is -0.340 e. The molecular weight excluding hydrogens is 184 g/mol. The minimum absolute atomic E-state index is 0.0188. The van der Waals surface area contributed by atoms with Gasteiger partial charge in [0.1, 0.15) is 5.92 Å². The Bertz CT molecular complexity index is 236. The zero-order valence-corrected chi connectivity index (χ0v) is 8.80. The molecule has 0 aromatic rings. The van der Waals surface area contributed by atoms with E-state index in [2.05, 4.69) is 6.92 Å². The third-order valence-electron chi connectivity index (χ3n) is 2.12. The van der Waals surface area contributed by atoms with Gasteiger partial charge in [0.15, 0.2) is 0 Å². The Morgan fingerprint density at radius 3 is 3.00 bits per heavy atom. The molecule has 13 heavy (non-hydrogen) atoms. The van der Waals surface area contributed by atoms with E-state index in [-0.39, 0.29) is 5.91 Å². The Labute approximate surface area is 83.1 Å². The van der Waals surface area contributed by atoms with E-state index in [1.54, 1.807) is 11.8 Å². The molecule has 1 saturated heterocycles. The summed E-state index contributed by atoms with van der Waals surface area (Å²) in [5, 5.41) is 9.10. The van der Waals surface area contributed by atoms with Crippen LogP contribution in [0.15, 0.2) is 0 Å². The molecule has 1 heterocycles. The summed E-state index contributed by atoms with van der Waals surface area (Å²) in [7, 11) is 0. The number of hydrogen-bond donors (Lipinski definition) is 0. The van der Waals surface area contributed by atoms with Crippen molar-refractivity contribution in [2.24, 2.45) is 5.92 Å². The standard InChI is InChI=1S/C9H14N2OS/c1-7(5-10)9(12)11-3-4-13-8(2)6-11/h7-8H,3-4,6H2,1-2H3. The summed E-state index contributed by atoms with van der Waals surface area (Å²) in [6.45, 7) is 5.35. The van der Waals surface area contributed by atoms with E-state index in [9.17, 15) is 4.79 Å². The van der Waals surface area contributed by atoms with Gasteiger partial charge in [-0.3, -0.25) is 4.79 Å². The third-order valence-corrected chi connectivity index (χ3v) is 3.25. The first-order chi connectivity index (χ1) is 6.15. The van der Waals surface area contributed by atoms with Gasteiger partial charge in [0.2, 0.25) is 5.91 Å². The molecule has 2 unspecified atom stereocenters. The topological polar surface area (TPSA) is 44.1 Å². The molecule has 2 atom stereocenters. The Morgan fingerprint density at radius 1 is 1.77 bits per heavy atom. The van der Waals surface area contributed by atoms with Crippen LogP contribution in [0.4, 0.5) is 0 Å². The van der Waals surface area contributed by atoms with Gasteiger partial charge in [-0.1, -0.05) is 6.92 Å². The molecule has 1 rings (SSSR count). The Kier molecular flexibility index (Phi) is 3.61. The molecule has 0 N–H and O–H groups in total. The fourth-order valence-electron chi connectivity index (χ4n) is 1.35. The highest BCUT2D eigenvalue weighted by Gasteiger charge is 2.24. The molecule has 1 amide bonds. The van der Waals surface area contributed by atoms with Gasteiger partial charge in [-0.05, 0) is 6.92 Å². The molecule has 0 aliphatic carbocycles. The summed E-state index contributed by atoms with van der Waals surface area (Å²) < 4.78 is 0. The zero-order chi connectivity index (χ0) is 9.84. The van der Waals surface area contributed by atoms with Crippen LogP contribution in [0, 0.1) is 17.2 Å². The smallest absolute Gasteiger partial charge is 0.239 e.